The number of benzene rings is 1. The zero-order valence-electron chi connectivity index (χ0n) is 10.1. The molecule has 0 aliphatic heterocycles. The summed E-state index contributed by atoms with van der Waals surface area (Å²) in [6.45, 7) is 2.00. The summed E-state index contributed by atoms with van der Waals surface area (Å²) in [5.74, 6) is -0.559. The maximum Gasteiger partial charge on any atom is 0.303 e. The van der Waals surface area contributed by atoms with Gasteiger partial charge in [0.05, 0.1) is 0 Å². The van der Waals surface area contributed by atoms with Gasteiger partial charge in [-0.05, 0) is 30.0 Å². The summed E-state index contributed by atoms with van der Waals surface area (Å²) < 4.78 is 0. The maximum absolute atomic E-state index is 10.6. The molecule has 0 aromatic heterocycles. The van der Waals surface area contributed by atoms with E-state index in [-0.39, 0.29) is 12.3 Å². The zero-order valence-corrected chi connectivity index (χ0v) is 10.1. The van der Waals surface area contributed by atoms with Gasteiger partial charge in [-0.2, -0.15) is 0 Å². The van der Waals surface area contributed by atoms with Crippen LogP contribution in [0.5, 0.6) is 0 Å². The van der Waals surface area contributed by atoms with Gasteiger partial charge < -0.3 is 10.0 Å². The van der Waals surface area contributed by atoms with Crippen molar-refractivity contribution in [3.8, 4) is 0 Å². The Balaban J connectivity index is 2.66. The Hall–Kier alpha value is -1.84. The largest absolute Gasteiger partial charge is 0.481 e. The van der Waals surface area contributed by atoms with E-state index in [1.165, 1.54) is 4.90 Å². The van der Waals surface area contributed by atoms with Crippen molar-refractivity contribution in [3.05, 3.63) is 29.8 Å². The lowest BCUT2D eigenvalue weighted by Crippen LogP contribution is -2.13. The van der Waals surface area contributed by atoms with Crippen LogP contribution < -0.4 is 4.90 Å². The van der Waals surface area contributed by atoms with Crippen LogP contribution in [-0.4, -0.2) is 24.5 Å². The predicted octanol–water partition coefficient (Wildman–Crippen LogP) is 2.25. The lowest BCUT2D eigenvalue weighted by molar-refractivity contribution is -0.137. The molecule has 0 heterocycles. The molecule has 92 valence electrons. The average molecular weight is 235 g/mol. The third-order valence-corrected chi connectivity index (χ3v) is 2.82. The van der Waals surface area contributed by atoms with Gasteiger partial charge in [0.15, 0.2) is 0 Å². The highest BCUT2D eigenvalue weighted by atomic mass is 16.4. The van der Waals surface area contributed by atoms with Crippen molar-refractivity contribution in [1.82, 2.24) is 0 Å². The molecule has 0 spiro atoms. The summed E-state index contributed by atoms with van der Waals surface area (Å²) in [6.07, 6.45) is 1.55. The highest BCUT2D eigenvalue weighted by Gasteiger charge is 2.08. The number of carbonyl (C=O) groups excluding carboxylic acids is 1. The van der Waals surface area contributed by atoms with E-state index in [9.17, 15) is 9.59 Å². The number of rotatable bonds is 6. The van der Waals surface area contributed by atoms with E-state index in [1.807, 2.05) is 31.2 Å². The average Bonchev–Trinajstić information content (AvgIpc) is 2.35. The van der Waals surface area contributed by atoms with Gasteiger partial charge in [-0.25, -0.2) is 0 Å². The van der Waals surface area contributed by atoms with Gasteiger partial charge in [0, 0.05) is 19.2 Å². The maximum atomic E-state index is 10.6. The van der Waals surface area contributed by atoms with Crippen LogP contribution in [0.2, 0.25) is 0 Å². The number of aliphatic carboxylic acids is 1. The fraction of sp³-hybridized carbons (Fsp3) is 0.385. The minimum absolute atomic E-state index is 0.178. The second kappa shape index (κ2) is 6.03. The Kier molecular flexibility index (Phi) is 4.69. The molecular weight excluding hydrogens is 218 g/mol. The van der Waals surface area contributed by atoms with Crippen LogP contribution in [0.3, 0.4) is 0 Å². The van der Waals surface area contributed by atoms with Gasteiger partial charge >= 0.3 is 5.97 Å². The van der Waals surface area contributed by atoms with Crippen LogP contribution in [0.15, 0.2) is 24.3 Å². The van der Waals surface area contributed by atoms with E-state index in [0.29, 0.717) is 6.42 Å². The number of amides is 1. The normalized spacial score (nSPS) is 11.9. The lowest BCUT2D eigenvalue weighted by Gasteiger charge is -2.14. The summed E-state index contributed by atoms with van der Waals surface area (Å²) in [5, 5.41) is 8.61. The quantitative estimate of drug-likeness (QED) is 0.769. The summed E-state index contributed by atoms with van der Waals surface area (Å²) in [7, 11) is 1.69. The fourth-order valence-corrected chi connectivity index (χ4v) is 1.61. The first-order valence-corrected chi connectivity index (χ1v) is 5.54. The van der Waals surface area contributed by atoms with Gasteiger partial charge in [-0.3, -0.25) is 9.59 Å². The first-order chi connectivity index (χ1) is 8.04. The molecule has 17 heavy (non-hydrogen) atoms. The summed E-state index contributed by atoms with van der Waals surface area (Å²) >= 11 is 0. The van der Waals surface area contributed by atoms with Crippen molar-refractivity contribution in [3.63, 3.8) is 0 Å². The van der Waals surface area contributed by atoms with Crippen LogP contribution in [0.1, 0.15) is 31.2 Å². The van der Waals surface area contributed by atoms with Gasteiger partial charge in [0.25, 0.3) is 0 Å². The number of anilines is 1. The van der Waals surface area contributed by atoms with E-state index < -0.39 is 5.97 Å². The molecule has 0 fully saturated rings. The molecule has 4 heteroatoms. The lowest BCUT2D eigenvalue weighted by atomic mass is 9.96. The molecule has 1 atom stereocenters. The molecule has 0 radical (unpaired) electrons. The molecule has 0 saturated carbocycles. The van der Waals surface area contributed by atoms with Gasteiger partial charge in [-0.1, -0.05) is 19.1 Å². The van der Waals surface area contributed by atoms with Crippen molar-refractivity contribution in [2.45, 2.75) is 25.7 Å². The minimum atomic E-state index is -0.769. The van der Waals surface area contributed by atoms with Crippen LogP contribution in [0.25, 0.3) is 0 Å². The van der Waals surface area contributed by atoms with Crippen molar-refractivity contribution in [1.29, 1.82) is 0 Å². The molecule has 1 aromatic carbocycles. The molecule has 1 unspecified atom stereocenters. The molecule has 4 nitrogen and oxygen atoms in total. The summed E-state index contributed by atoms with van der Waals surface area (Å²) in [5.41, 5.74) is 1.92. The first kappa shape index (κ1) is 13.2. The first-order valence-electron chi connectivity index (χ1n) is 5.54. The number of carboxylic acids is 1. The van der Waals surface area contributed by atoms with Crippen molar-refractivity contribution in [2.75, 3.05) is 11.9 Å². The van der Waals surface area contributed by atoms with E-state index in [0.717, 1.165) is 17.7 Å². The molecule has 0 aliphatic rings. The molecule has 1 rings (SSSR count). The molecule has 0 saturated heterocycles. The Labute approximate surface area is 101 Å². The van der Waals surface area contributed by atoms with Gasteiger partial charge in [0.2, 0.25) is 6.41 Å². The van der Waals surface area contributed by atoms with Crippen LogP contribution in [0, 0.1) is 0 Å². The molecular formula is C13H17NO3. The van der Waals surface area contributed by atoms with Crippen LogP contribution >= 0.6 is 0 Å². The van der Waals surface area contributed by atoms with E-state index in [1.54, 1.807) is 7.05 Å². The number of hydrogen-bond acceptors (Lipinski definition) is 2. The molecule has 1 aromatic rings. The summed E-state index contributed by atoms with van der Waals surface area (Å²) in [4.78, 5) is 22.5. The summed E-state index contributed by atoms with van der Waals surface area (Å²) in [6, 6.07) is 7.59. The molecule has 1 amide bonds. The minimum Gasteiger partial charge on any atom is -0.481 e. The number of nitrogens with zero attached hydrogens (tertiary/aromatic N) is 1. The highest BCUT2D eigenvalue weighted by Crippen LogP contribution is 2.23. The van der Waals surface area contributed by atoms with E-state index in [4.69, 9.17) is 5.11 Å². The van der Waals surface area contributed by atoms with Gasteiger partial charge in [0.1, 0.15) is 0 Å². The monoisotopic (exact) mass is 235 g/mol. The Morgan fingerprint density at radius 3 is 2.47 bits per heavy atom. The van der Waals surface area contributed by atoms with E-state index in [2.05, 4.69) is 0 Å². The Bertz CT molecular complexity index is 386. The Morgan fingerprint density at radius 1 is 1.41 bits per heavy atom. The smallest absolute Gasteiger partial charge is 0.303 e. The van der Waals surface area contributed by atoms with Crippen LogP contribution in [0.4, 0.5) is 5.69 Å². The fourth-order valence-electron chi connectivity index (χ4n) is 1.61. The molecule has 0 aliphatic carbocycles. The van der Waals surface area contributed by atoms with Crippen molar-refractivity contribution >= 4 is 18.1 Å². The number of carbonyl (C=O) groups is 2. The second-order valence-electron chi connectivity index (χ2n) is 4.14. The van der Waals surface area contributed by atoms with Gasteiger partial charge in [-0.15, -0.1) is 0 Å². The predicted molar refractivity (Wildman–Crippen MR) is 66.2 cm³/mol. The van der Waals surface area contributed by atoms with Crippen molar-refractivity contribution in [2.24, 2.45) is 0 Å². The highest BCUT2D eigenvalue weighted by molar-refractivity contribution is 5.74. The molecule has 1 N–H and O–H groups in total. The third-order valence-electron chi connectivity index (χ3n) is 2.82. The second-order valence-corrected chi connectivity index (χ2v) is 4.14. The molecule has 0 bridgehead atoms. The topological polar surface area (TPSA) is 57.6 Å². The number of carboxylic acid groups (broad SMARTS) is 1. The Morgan fingerprint density at radius 2 is 2.00 bits per heavy atom. The third kappa shape index (κ3) is 3.90. The van der Waals surface area contributed by atoms with Crippen molar-refractivity contribution < 1.29 is 14.7 Å². The zero-order chi connectivity index (χ0) is 12.8. The standard InChI is InChI=1S/C13H17NO3/c1-10(3-8-13(16)17)11-4-6-12(7-5-11)14(2)9-15/h4-7,9-10H,3,8H2,1-2H3,(H,16,17). The van der Waals surface area contributed by atoms with E-state index >= 15 is 0 Å². The number of hydrogen-bond donors (Lipinski definition) is 1. The van der Waals surface area contributed by atoms with Crippen LogP contribution in [-0.2, 0) is 9.59 Å². The SMILES string of the molecule is CC(CCC(=O)O)c1ccc(N(C)C=O)cc1.